The van der Waals surface area contributed by atoms with Gasteiger partial charge in [0.15, 0.2) is 11.6 Å². The van der Waals surface area contributed by atoms with E-state index in [0.29, 0.717) is 23.5 Å². The van der Waals surface area contributed by atoms with E-state index in [4.69, 9.17) is 4.42 Å². The highest BCUT2D eigenvalue weighted by atomic mass is 16.4. The molecule has 4 heteroatoms. The smallest absolute Gasteiger partial charge is 0.168 e. The van der Waals surface area contributed by atoms with Crippen LogP contribution in [-0.4, -0.2) is 16.7 Å². The number of carbonyl (C=O) groups is 2. The molecule has 4 nitrogen and oxygen atoms in total. The predicted octanol–water partition coefficient (Wildman–Crippen LogP) is 5.16. The Morgan fingerprint density at radius 3 is 2.33 bits per heavy atom. The standard InChI is InChI=1S/C29H24O4/c1-2-19-13-15-24-28(32)23(20-9-5-3-6-10-20)17-26(31)29(24,21-11-7-4-8-12-21)27(19)25-16-14-22(18-30)33-25/h2-14,16-17,24,27,30H,1,15,18H2. The Balaban J connectivity index is 1.79. The van der Waals surface area contributed by atoms with Crippen LogP contribution in [0.1, 0.15) is 35.0 Å². The maximum Gasteiger partial charge on any atom is 0.168 e. The zero-order chi connectivity index (χ0) is 23.0. The average Bonchev–Trinajstić information content (AvgIpc) is 3.35. The molecule has 1 heterocycles. The van der Waals surface area contributed by atoms with E-state index in [-0.39, 0.29) is 18.2 Å². The molecule has 0 radical (unpaired) electrons. The van der Waals surface area contributed by atoms with Crippen molar-refractivity contribution in [3.63, 3.8) is 0 Å². The van der Waals surface area contributed by atoms with Gasteiger partial charge in [-0.15, -0.1) is 0 Å². The lowest BCUT2D eigenvalue weighted by molar-refractivity contribution is -0.131. The van der Waals surface area contributed by atoms with Crippen LogP contribution in [0.3, 0.4) is 0 Å². The van der Waals surface area contributed by atoms with E-state index in [0.717, 1.165) is 16.7 Å². The van der Waals surface area contributed by atoms with Gasteiger partial charge in [0.25, 0.3) is 0 Å². The monoisotopic (exact) mass is 436 g/mol. The second-order valence-electron chi connectivity index (χ2n) is 8.48. The highest BCUT2D eigenvalue weighted by Gasteiger charge is 2.60. The van der Waals surface area contributed by atoms with Crippen molar-refractivity contribution >= 4 is 17.1 Å². The third-order valence-electron chi connectivity index (χ3n) is 6.89. The Morgan fingerprint density at radius 2 is 1.70 bits per heavy atom. The number of aliphatic hydroxyl groups is 1. The molecule has 0 aliphatic heterocycles. The number of ketones is 2. The summed E-state index contributed by atoms with van der Waals surface area (Å²) in [5.74, 6) is -0.365. The summed E-state index contributed by atoms with van der Waals surface area (Å²) in [6.07, 6.45) is 5.66. The van der Waals surface area contributed by atoms with Crippen LogP contribution in [0.5, 0.6) is 0 Å². The van der Waals surface area contributed by atoms with Crippen LogP contribution in [0.25, 0.3) is 5.57 Å². The molecule has 2 aliphatic carbocycles. The number of carbonyl (C=O) groups excluding carboxylic acids is 2. The van der Waals surface area contributed by atoms with Crippen molar-refractivity contribution < 1.29 is 19.1 Å². The number of hydrogen-bond acceptors (Lipinski definition) is 4. The first-order chi connectivity index (χ1) is 16.1. The van der Waals surface area contributed by atoms with Crippen LogP contribution < -0.4 is 0 Å². The van der Waals surface area contributed by atoms with Gasteiger partial charge in [-0.2, -0.15) is 0 Å². The molecule has 164 valence electrons. The van der Waals surface area contributed by atoms with Gasteiger partial charge in [0.05, 0.1) is 11.3 Å². The van der Waals surface area contributed by atoms with E-state index < -0.39 is 17.3 Å². The number of rotatable bonds is 5. The second-order valence-corrected chi connectivity index (χ2v) is 8.48. The molecule has 0 spiro atoms. The van der Waals surface area contributed by atoms with Crippen LogP contribution in [0.4, 0.5) is 0 Å². The predicted molar refractivity (Wildman–Crippen MR) is 126 cm³/mol. The summed E-state index contributed by atoms with van der Waals surface area (Å²) >= 11 is 0. The maximum absolute atomic E-state index is 14.2. The topological polar surface area (TPSA) is 67.5 Å². The maximum atomic E-state index is 14.2. The summed E-state index contributed by atoms with van der Waals surface area (Å²) in [6, 6.07) is 22.3. The quantitative estimate of drug-likeness (QED) is 0.600. The van der Waals surface area contributed by atoms with Gasteiger partial charge in [0.2, 0.25) is 0 Å². The molecule has 3 unspecified atom stereocenters. The Kier molecular flexibility index (Phi) is 5.31. The lowest BCUT2D eigenvalue weighted by Crippen LogP contribution is -2.54. The fourth-order valence-electron chi connectivity index (χ4n) is 5.45. The molecular weight excluding hydrogens is 412 g/mol. The highest BCUT2D eigenvalue weighted by Crippen LogP contribution is 2.57. The molecule has 33 heavy (non-hydrogen) atoms. The van der Waals surface area contributed by atoms with Gasteiger partial charge in [-0.25, -0.2) is 0 Å². The van der Waals surface area contributed by atoms with E-state index in [1.54, 1.807) is 18.2 Å². The number of allylic oxidation sites excluding steroid dienone is 5. The van der Waals surface area contributed by atoms with Crippen molar-refractivity contribution in [2.24, 2.45) is 5.92 Å². The fourth-order valence-corrected chi connectivity index (χ4v) is 5.45. The molecule has 3 aromatic rings. The number of Topliss-reactive ketones (excluding diaryl/α,β-unsaturated/α-hetero) is 1. The summed E-state index contributed by atoms with van der Waals surface area (Å²) < 4.78 is 5.97. The van der Waals surface area contributed by atoms with Gasteiger partial charge in [-0.1, -0.05) is 79.4 Å². The summed E-state index contributed by atoms with van der Waals surface area (Å²) in [7, 11) is 0. The van der Waals surface area contributed by atoms with Gasteiger partial charge < -0.3 is 9.52 Å². The van der Waals surface area contributed by atoms with Crippen molar-refractivity contribution in [1.29, 1.82) is 0 Å². The number of hydrogen-bond donors (Lipinski definition) is 1. The SMILES string of the molecule is C=CC1=CCC2C(=O)C(c3ccccc3)=CC(=O)C2(c2ccccc2)C1c1ccc(CO)o1. The summed E-state index contributed by atoms with van der Waals surface area (Å²) in [4.78, 5) is 28.2. The number of benzene rings is 2. The van der Waals surface area contributed by atoms with Crippen molar-refractivity contribution in [2.45, 2.75) is 24.4 Å². The first-order valence-corrected chi connectivity index (χ1v) is 11.0. The van der Waals surface area contributed by atoms with Crippen molar-refractivity contribution in [3.05, 3.63) is 126 Å². The van der Waals surface area contributed by atoms with Gasteiger partial charge in [0, 0.05) is 11.5 Å². The van der Waals surface area contributed by atoms with E-state index in [9.17, 15) is 14.7 Å². The molecular formula is C29H24O4. The van der Waals surface area contributed by atoms with Crippen LogP contribution in [0, 0.1) is 5.92 Å². The molecule has 0 saturated heterocycles. The first-order valence-electron chi connectivity index (χ1n) is 11.0. The fraction of sp³-hybridized carbons (Fsp3) is 0.172. The van der Waals surface area contributed by atoms with Gasteiger partial charge in [-0.05, 0) is 41.3 Å². The Hall–Kier alpha value is -3.76. The molecule has 0 saturated carbocycles. The molecule has 2 aromatic carbocycles. The highest BCUT2D eigenvalue weighted by molar-refractivity contribution is 6.31. The minimum absolute atomic E-state index is 0.0528. The van der Waals surface area contributed by atoms with E-state index in [1.165, 1.54) is 6.08 Å². The number of aliphatic hydroxyl groups excluding tert-OH is 1. The van der Waals surface area contributed by atoms with Gasteiger partial charge in [0.1, 0.15) is 18.1 Å². The first kappa shape index (κ1) is 21.1. The largest absolute Gasteiger partial charge is 0.463 e. The van der Waals surface area contributed by atoms with Gasteiger partial charge >= 0.3 is 0 Å². The normalized spacial score (nSPS) is 24.6. The molecule has 1 N–H and O–H groups in total. The Labute approximate surface area is 192 Å². The minimum atomic E-state index is -1.17. The van der Waals surface area contributed by atoms with Crippen LogP contribution in [0.2, 0.25) is 0 Å². The second kappa shape index (κ2) is 8.30. The minimum Gasteiger partial charge on any atom is -0.463 e. The lowest BCUT2D eigenvalue weighted by atomic mass is 9.50. The van der Waals surface area contributed by atoms with Gasteiger partial charge in [-0.3, -0.25) is 9.59 Å². The lowest BCUT2D eigenvalue weighted by Gasteiger charge is -2.48. The van der Waals surface area contributed by atoms with Crippen LogP contribution in [0.15, 0.2) is 108 Å². The number of fused-ring (bicyclic) bond motifs is 1. The van der Waals surface area contributed by atoms with Crippen LogP contribution in [-0.2, 0) is 21.6 Å². The average molecular weight is 437 g/mol. The molecule has 2 aliphatic rings. The van der Waals surface area contributed by atoms with E-state index >= 15 is 0 Å². The van der Waals surface area contributed by atoms with E-state index in [1.807, 2.05) is 66.7 Å². The van der Waals surface area contributed by atoms with E-state index in [2.05, 4.69) is 6.58 Å². The number of furan rings is 1. The summed E-state index contributed by atoms with van der Waals surface area (Å²) in [5, 5.41) is 9.58. The van der Waals surface area contributed by atoms with Crippen molar-refractivity contribution in [1.82, 2.24) is 0 Å². The zero-order valence-corrected chi connectivity index (χ0v) is 18.1. The van der Waals surface area contributed by atoms with Crippen LogP contribution >= 0.6 is 0 Å². The molecule has 0 fully saturated rings. The molecule has 5 rings (SSSR count). The Morgan fingerprint density at radius 1 is 1.00 bits per heavy atom. The third-order valence-corrected chi connectivity index (χ3v) is 6.89. The summed E-state index contributed by atoms with van der Waals surface area (Å²) in [5.41, 5.74) is 1.64. The molecule has 0 amide bonds. The van der Waals surface area contributed by atoms with Crippen molar-refractivity contribution in [3.8, 4) is 0 Å². The third kappa shape index (κ3) is 3.18. The molecule has 3 atom stereocenters. The molecule has 1 aromatic heterocycles. The van der Waals surface area contributed by atoms with Crippen molar-refractivity contribution in [2.75, 3.05) is 0 Å². The Bertz CT molecular complexity index is 1280. The zero-order valence-electron chi connectivity index (χ0n) is 18.1. The molecule has 0 bridgehead atoms. The summed E-state index contributed by atoms with van der Waals surface area (Å²) in [6.45, 7) is 3.74.